The molecule has 1 aromatic heterocycles. The minimum atomic E-state index is -0.821. The van der Waals surface area contributed by atoms with E-state index in [0.29, 0.717) is 5.71 Å². The van der Waals surface area contributed by atoms with Crippen LogP contribution in [0.15, 0.2) is 35.5 Å². The van der Waals surface area contributed by atoms with Crippen LogP contribution >= 0.6 is 11.6 Å². The lowest BCUT2D eigenvalue weighted by molar-refractivity contribution is -0.146. The van der Waals surface area contributed by atoms with Crippen LogP contribution in [0.4, 0.5) is 10.1 Å². The standard InChI is InChI=1S/C16H15ClFN3O3/c1-9-14(19)13(17)16(20-15(9)18)23-8-12(22)24-21-10(2)11-6-4-3-5-7-11/h3-7H,8H2,1-2H3,(H2,19,20)/b21-10+. The Morgan fingerprint density at radius 1 is 1.38 bits per heavy atom. The van der Waals surface area contributed by atoms with Gasteiger partial charge in [-0.15, -0.1) is 0 Å². The second kappa shape index (κ2) is 7.74. The number of halogens is 2. The van der Waals surface area contributed by atoms with Crippen molar-refractivity contribution in [3.05, 3.63) is 52.4 Å². The molecule has 2 N–H and O–H groups in total. The number of pyridine rings is 1. The first kappa shape index (κ1) is 17.7. The number of nitrogens with zero attached hydrogens (tertiary/aromatic N) is 2. The van der Waals surface area contributed by atoms with Gasteiger partial charge < -0.3 is 15.3 Å². The van der Waals surface area contributed by atoms with Crippen LogP contribution in [0.5, 0.6) is 5.88 Å². The number of carbonyl (C=O) groups excluding carboxylic acids is 1. The number of rotatable bonds is 5. The summed E-state index contributed by atoms with van der Waals surface area (Å²) in [6.45, 7) is 2.58. The molecular weight excluding hydrogens is 337 g/mol. The Labute approximate surface area is 143 Å². The summed E-state index contributed by atoms with van der Waals surface area (Å²) in [4.78, 5) is 19.9. The van der Waals surface area contributed by atoms with Gasteiger partial charge in [0.2, 0.25) is 11.8 Å². The molecule has 0 aliphatic heterocycles. The maximum absolute atomic E-state index is 13.5. The molecule has 0 aliphatic carbocycles. The van der Waals surface area contributed by atoms with E-state index in [1.807, 2.05) is 30.3 Å². The van der Waals surface area contributed by atoms with Gasteiger partial charge in [0.05, 0.1) is 11.4 Å². The van der Waals surface area contributed by atoms with Crippen LogP contribution in [0.25, 0.3) is 0 Å². The summed E-state index contributed by atoms with van der Waals surface area (Å²) < 4.78 is 18.6. The van der Waals surface area contributed by atoms with Gasteiger partial charge in [0.15, 0.2) is 6.61 Å². The smallest absolute Gasteiger partial charge is 0.372 e. The normalized spacial score (nSPS) is 11.2. The molecule has 2 rings (SSSR count). The van der Waals surface area contributed by atoms with Gasteiger partial charge in [0.25, 0.3) is 0 Å². The van der Waals surface area contributed by atoms with Gasteiger partial charge in [-0.2, -0.15) is 9.37 Å². The molecular formula is C16H15ClFN3O3. The SMILES string of the molecule is C/C(=N\OC(=O)COc1nc(F)c(C)c(N)c1Cl)c1ccccc1. The predicted molar refractivity (Wildman–Crippen MR) is 88.6 cm³/mol. The van der Waals surface area contributed by atoms with Gasteiger partial charge in [-0.3, -0.25) is 0 Å². The molecule has 0 spiro atoms. The van der Waals surface area contributed by atoms with Crippen LogP contribution < -0.4 is 10.5 Å². The monoisotopic (exact) mass is 351 g/mol. The molecule has 2 aromatic rings. The molecule has 6 nitrogen and oxygen atoms in total. The molecule has 24 heavy (non-hydrogen) atoms. The van der Waals surface area contributed by atoms with Crippen molar-refractivity contribution < 1.29 is 18.8 Å². The van der Waals surface area contributed by atoms with E-state index >= 15 is 0 Å². The van der Waals surface area contributed by atoms with Crippen molar-refractivity contribution in [3.63, 3.8) is 0 Å². The van der Waals surface area contributed by atoms with E-state index in [-0.39, 0.29) is 22.2 Å². The number of ether oxygens (including phenoxy) is 1. The number of benzene rings is 1. The molecule has 8 heteroatoms. The number of carbonyl (C=O) groups is 1. The summed E-state index contributed by atoms with van der Waals surface area (Å²) in [6, 6.07) is 9.18. The van der Waals surface area contributed by atoms with Crippen LogP contribution in [0.3, 0.4) is 0 Å². The van der Waals surface area contributed by atoms with E-state index in [1.54, 1.807) is 6.92 Å². The van der Waals surface area contributed by atoms with Crippen LogP contribution in [0, 0.1) is 12.9 Å². The lowest BCUT2D eigenvalue weighted by Gasteiger charge is -2.09. The lowest BCUT2D eigenvalue weighted by atomic mass is 10.1. The Bertz CT molecular complexity index is 782. The summed E-state index contributed by atoms with van der Waals surface area (Å²) in [7, 11) is 0. The molecule has 0 bridgehead atoms. The molecule has 0 unspecified atom stereocenters. The summed E-state index contributed by atoms with van der Waals surface area (Å²) in [5, 5.41) is 3.65. The van der Waals surface area contributed by atoms with Crippen molar-refractivity contribution in [2.24, 2.45) is 5.16 Å². The van der Waals surface area contributed by atoms with Crippen LogP contribution in [-0.4, -0.2) is 23.3 Å². The minimum absolute atomic E-state index is 0.00507. The fraction of sp³-hybridized carbons (Fsp3) is 0.188. The molecule has 126 valence electrons. The average molecular weight is 352 g/mol. The number of oxime groups is 1. The van der Waals surface area contributed by atoms with Crippen LogP contribution in [-0.2, 0) is 9.63 Å². The van der Waals surface area contributed by atoms with Crippen molar-refractivity contribution in [3.8, 4) is 5.88 Å². The highest BCUT2D eigenvalue weighted by Gasteiger charge is 2.16. The molecule has 0 saturated heterocycles. The van der Waals surface area contributed by atoms with E-state index in [1.165, 1.54) is 6.92 Å². The minimum Gasteiger partial charge on any atom is -0.464 e. The quantitative estimate of drug-likeness (QED) is 0.387. The zero-order chi connectivity index (χ0) is 17.7. The lowest BCUT2D eigenvalue weighted by Crippen LogP contribution is -2.15. The van der Waals surface area contributed by atoms with Crippen LogP contribution in [0.1, 0.15) is 18.1 Å². The zero-order valence-corrected chi connectivity index (χ0v) is 13.8. The molecule has 1 aromatic carbocycles. The Kier molecular flexibility index (Phi) is 5.70. The van der Waals surface area contributed by atoms with Gasteiger partial charge in [-0.25, -0.2) is 4.79 Å². The highest BCUT2D eigenvalue weighted by molar-refractivity contribution is 6.34. The third kappa shape index (κ3) is 4.20. The van der Waals surface area contributed by atoms with Crippen LogP contribution in [0.2, 0.25) is 5.02 Å². The fourth-order valence-corrected chi connectivity index (χ4v) is 1.95. The van der Waals surface area contributed by atoms with Gasteiger partial charge in [0, 0.05) is 5.56 Å². The number of aromatic nitrogens is 1. The van der Waals surface area contributed by atoms with Crippen molar-refractivity contribution >= 4 is 29.0 Å². The van der Waals surface area contributed by atoms with Gasteiger partial charge >= 0.3 is 5.97 Å². The summed E-state index contributed by atoms with van der Waals surface area (Å²) in [6.07, 6.45) is 0. The molecule has 0 atom stereocenters. The summed E-state index contributed by atoms with van der Waals surface area (Å²) in [5.41, 5.74) is 7.07. The van der Waals surface area contributed by atoms with E-state index in [4.69, 9.17) is 26.9 Å². The molecule has 0 aliphatic rings. The van der Waals surface area contributed by atoms with Crippen molar-refractivity contribution in [1.82, 2.24) is 4.98 Å². The molecule has 0 saturated carbocycles. The Morgan fingerprint density at radius 3 is 2.71 bits per heavy atom. The summed E-state index contributed by atoms with van der Waals surface area (Å²) >= 11 is 5.90. The third-order valence-electron chi connectivity index (χ3n) is 3.14. The van der Waals surface area contributed by atoms with Gasteiger partial charge in [0.1, 0.15) is 5.02 Å². The summed E-state index contributed by atoms with van der Waals surface area (Å²) in [5.74, 6) is -1.89. The number of nitrogen functional groups attached to an aromatic ring is 1. The molecule has 1 heterocycles. The van der Waals surface area contributed by atoms with E-state index in [2.05, 4.69) is 10.1 Å². The molecule has 0 fully saturated rings. The highest BCUT2D eigenvalue weighted by Crippen LogP contribution is 2.31. The van der Waals surface area contributed by atoms with Gasteiger partial charge in [-0.05, 0) is 19.4 Å². The van der Waals surface area contributed by atoms with E-state index in [9.17, 15) is 9.18 Å². The molecule has 0 radical (unpaired) electrons. The van der Waals surface area contributed by atoms with E-state index in [0.717, 1.165) is 5.56 Å². The topological polar surface area (TPSA) is 86.8 Å². The number of nitrogens with two attached hydrogens (primary N) is 1. The maximum atomic E-state index is 13.5. The first-order chi connectivity index (χ1) is 11.4. The Balaban J connectivity index is 1.97. The maximum Gasteiger partial charge on any atom is 0.372 e. The van der Waals surface area contributed by atoms with E-state index < -0.39 is 18.5 Å². The van der Waals surface area contributed by atoms with Gasteiger partial charge in [-0.1, -0.05) is 47.1 Å². The second-order valence-corrected chi connectivity index (χ2v) is 5.23. The van der Waals surface area contributed by atoms with Crippen molar-refractivity contribution in [2.45, 2.75) is 13.8 Å². The Morgan fingerprint density at radius 2 is 2.04 bits per heavy atom. The number of hydrogen-bond donors (Lipinski definition) is 1. The third-order valence-corrected chi connectivity index (χ3v) is 3.51. The second-order valence-electron chi connectivity index (χ2n) is 4.86. The number of anilines is 1. The number of hydrogen-bond acceptors (Lipinski definition) is 6. The average Bonchev–Trinajstić information content (AvgIpc) is 2.60. The first-order valence-corrected chi connectivity index (χ1v) is 7.31. The molecule has 0 amide bonds. The Hall–Kier alpha value is -2.67. The largest absolute Gasteiger partial charge is 0.464 e. The fourth-order valence-electron chi connectivity index (χ4n) is 1.71. The van der Waals surface area contributed by atoms with Crippen molar-refractivity contribution in [1.29, 1.82) is 0 Å². The highest BCUT2D eigenvalue weighted by atomic mass is 35.5. The predicted octanol–water partition coefficient (Wildman–Crippen LogP) is 3.11. The first-order valence-electron chi connectivity index (χ1n) is 6.94. The van der Waals surface area contributed by atoms with Crippen molar-refractivity contribution in [2.75, 3.05) is 12.3 Å². The zero-order valence-electron chi connectivity index (χ0n) is 13.0.